The van der Waals surface area contributed by atoms with Crippen LogP contribution in [-0.4, -0.2) is 21.1 Å². The van der Waals surface area contributed by atoms with Gasteiger partial charge in [0.2, 0.25) is 0 Å². The lowest BCUT2D eigenvalue weighted by atomic mass is 10.1. The van der Waals surface area contributed by atoms with Crippen molar-refractivity contribution in [1.82, 2.24) is 9.78 Å². The third-order valence-electron chi connectivity index (χ3n) is 2.97. The van der Waals surface area contributed by atoms with Gasteiger partial charge >= 0.3 is 0 Å². The van der Waals surface area contributed by atoms with Crippen LogP contribution < -0.4 is 5.73 Å². The number of rotatable bonds is 2. The average molecular weight is 225 g/mol. The second kappa shape index (κ2) is 5.03. The standard InChI is InChI=1S/C11H19N3S/c1-14-8-9(7-13-14)15-11-6-4-2-3-5-10(11)12/h7-8,10-11H,2-6,12H2,1H3. The molecule has 1 aliphatic rings. The summed E-state index contributed by atoms with van der Waals surface area (Å²) in [6, 6.07) is 0.359. The molecule has 0 aliphatic heterocycles. The summed E-state index contributed by atoms with van der Waals surface area (Å²) in [5.41, 5.74) is 6.19. The fourth-order valence-electron chi connectivity index (χ4n) is 2.08. The first kappa shape index (κ1) is 11.0. The van der Waals surface area contributed by atoms with E-state index in [4.69, 9.17) is 5.73 Å². The molecule has 1 aromatic rings. The zero-order valence-electron chi connectivity index (χ0n) is 9.22. The largest absolute Gasteiger partial charge is 0.327 e. The van der Waals surface area contributed by atoms with E-state index >= 15 is 0 Å². The number of nitrogens with zero attached hydrogens (tertiary/aromatic N) is 2. The minimum atomic E-state index is 0.359. The molecule has 1 saturated carbocycles. The summed E-state index contributed by atoms with van der Waals surface area (Å²) in [6.07, 6.45) is 10.4. The Balaban J connectivity index is 1.97. The molecular formula is C11H19N3S. The van der Waals surface area contributed by atoms with Crippen molar-refractivity contribution in [1.29, 1.82) is 0 Å². The first-order valence-corrected chi connectivity index (χ1v) is 6.54. The number of aryl methyl sites for hydroxylation is 1. The lowest BCUT2D eigenvalue weighted by molar-refractivity contribution is 0.596. The highest BCUT2D eigenvalue weighted by Gasteiger charge is 2.21. The molecule has 3 nitrogen and oxygen atoms in total. The summed E-state index contributed by atoms with van der Waals surface area (Å²) in [5.74, 6) is 0. The molecule has 0 spiro atoms. The summed E-state index contributed by atoms with van der Waals surface area (Å²) < 4.78 is 1.85. The summed E-state index contributed by atoms with van der Waals surface area (Å²) in [5, 5.41) is 4.77. The number of aromatic nitrogens is 2. The third-order valence-corrected chi connectivity index (χ3v) is 4.34. The van der Waals surface area contributed by atoms with E-state index in [9.17, 15) is 0 Å². The topological polar surface area (TPSA) is 43.8 Å². The molecule has 15 heavy (non-hydrogen) atoms. The maximum Gasteiger partial charge on any atom is 0.0625 e. The highest BCUT2D eigenvalue weighted by atomic mass is 32.2. The normalized spacial score (nSPS) is 27.6. The van der Waals surface area contributed by atoms with Crippen LogP contribution in [0.4, 0.5) is 0 Å². The van der Waals surface area contributed by atoms with E-state index in [2.05, 4.69) is 11.3 Å². The van der Waals surface area contributed by atoms with Gasteiger partial charge in [0.25, 0.3) is 0 Å². The van der Waals surface area contributed by atoms with Gasteiger partial charge in [-0.05, 0) is 12.8 Å². The predicted molar refractivity (Wildman–Crippen MR) is 63.9 cm³/mol. The van der Waals surface area contributed by atoms with Crippen molar-refractivity contribution in [3.63, 3.8) is 0 Å². The number of hydrogen-bond acceptors (Lipinski definition) is 3. The number of thioether (sulfide) groups is 1. The van der Waals surface area contributed by atoms with Crippen LogP contribution in [-0.2, 0) is 7.05 Å². The zero-order chi connectivity index (χ0) is 10.7. The van der Waals surface area contributed by atoms with Crippen LogP contribution >= 0.6 is 11.8 Å². The average Bonchev–Trinajstić information content (AvgIpc) is 2.50. The van der Waals surface area contributed by atoms with Crippen LogP contribution in [0.5, 0.6) is 0 Å². The van der Waals surface area contributed by atoms with Crippen molar-refractivity contribution in [2.75, 3.05) is 0 Å². The minimum Gasteiger partial charge on any atom is -0.327 e. The Morgan fingerprint density at radius 3 is 2.93 bits per heavy atom. The maximum atomic E-state index is 6.19. The van der Waals surface area contributed by atoms with Crippen molar-refractivity contribution >= 4 is 11.8 Å². The molecule has 2 atom stereocenters. The predicted octanol–water partition coefficient (Wildman–Crippen LogP) is 2.17. The van der Waals surface area contributed by atoms with E-state index in [1.165, 1.54) is 37.0 Å². The van der Waals surface area contributed by atoms with Crippen LogP contribution in [0, 0.1) is 0 Å². The van der Waals surface area contributed by atoms with Gasteiger partial charge in [-0.2, -0.15) is 5.10 Å². The molecule has 0 aromatic carbocycles. The van der Waals surface area contributed by atoms with E-state index in [0.29, 0.717) is 11.3 Å². The Bertz CT molecular complexity index is 311. The van der Waals surface area contributed by atoms with Crippen LogP contribution in [0.25, 0.3) is 0 Å². The van der Waals surface area contributed by atoms with Crippen LogP contribution in [0.3, 0.4) is 0 Å². The molecule has 2 N–H and O–H groups in total. The molecule has 2 rings (SSSR count). The fraction of sp³-hybridized carbons (Fsp3) is 0.727. The fourth-order valence-corrected chi connectivity index (χ4v) is 3.35. The van der Waals surface area contributed by atoms with Gasteiger partial charge in [-0.3, -0.25) is 4.68 Å². The second-order valence-corrected chi connectivity index (χ2v) is 5.62. The molecule has 1 aromatic heterocycles. The van der Waals surface area contributed by atoms with E-state index in [0.717, 1.165) is 0 Å². The van der Waals surface area contributed by atoms with Crippen molar-refractivity contribution in [3.8, 4) is 0 Å². The molecule has 0 amide bonds. The molecule has 1 heterocycles. The molecule has 0 radical (unpaired) electrons. The van der Waals surface area contributed by atoms with Gasteiger partial charge in [0, 0.05) is 29.4 Å². The summed E-state index contributed by atoms with van der Waals surface area (Å²) >= 11 is 1.90. The number of nitrogens with two attached hydrogens (primary N) is 1. The van der Waals surface area contributed by atoms with E-state index < -0.39 is 0 Å². The Kier molecular flexibility index (Phi) is 3.70. The maximum absolute atomic E-state index is 6.19. The van der Waals surface area contributed by atoms with Crippen molar-refractivity contribution in [2.45, 2.75) is 48.3 Å². The van der Waals surface area contributed by atoms with Gasteiger partial charge in [0.05, 0.1) is 6.20 Å². The first-order valence-electron chi connectivity index (χ1n) is 5.66. The SMILES string of the molecule is Cn1cc(SC2CCCCCC2N)cn1. The summed E-state index contributed by atoms with van der Waals surface area (Å²) in [4.78, 5) is 1.25. The molecule has 0 bridgehead atoms. The van der Waals surface area contributed by atoms with Crippen LogP contribution in [0.1, 0.15) is 32.1 Å². The lowest BCUT2D eigenvalue weighted by Gasteiger charge is -2.19. The van der Waals surface area contributed by atoms with Gasteiger partial charge < -0.3 is 5.73 Å². The summed E-state index contributed by atoms with van der Waals surface area (Å²) in [7, 11) is 1.96. The molecule has 0 saturated heterocycles. The van der Waals surface area contributed by atoms with Crippen LogP contribution in [0.2, 0.25) is 0 Å². The molecule has 1 aliphatic carbocycles. The Hall–Kier alpha value is -0.480. The first-order chi connectivity index (χ1) is 7.25. The molecule has 84 valence electrons. The lowest BCUT2D eigenvalue weighted by Crippen LogP contribution is -2.31. The van der Waals surface area contributed by atoms with Gasteiger partial charge in [-0.25, -0.2) is 0 Å². The van der Waals surface area contributed by atoms with E-state index in [-0.39, 0.29) is 0 Å². The van der Waals surface area contributed by atoms with Crippen LogP contribution in [0.15, 0.2) is 17.3 Å². The van der Waals surface area contributed by atoms with Gasteiger partial charge in [-0.15, -0.1) is 11.8 Å². The zero-order valence-corrected chi connectivity index (χ0v) is 10.0. The quantitative estimate of drug-likeness (QED) is 0.785. The molecular weight excluding hydrogens is 206 g/mol. The minimum absolute atomic E-state index is 0.359. The van der Waals surface area contributed by atoms with Crippen molar-refractivity contribution in [2.24, 2.45) is 12.8 Å². The van der Waals surface area contributed by atoms with Crippen molar-refractivity contribution in [3.05, 3.63) is 12.4 Å². The second-order valence-electron chi connectivity index (χ2n) is 4.31. The smallest absolute Gasteiger partial charge is 0.0625 e. The number of hydrogen-bond donors (Lipinski definition) is 1. The van der Waals surface area contributed by atoms with Gasteiger partial charge in [0.15, 0.2) is 0 Å². The molecule has 4 heteroatoms. The molecule has 2 unspecified atom stereocenters. The van der Waals surface area contributed by atoms with Gasteiger partial charge in [-0.1, -0.05) is 19.3 Å². The highest BCUT2D eigenvalue weighted by Crippen LogP contribution is 2.31. The van der Waals surface area contributed by atoms with E-state index in [1.54, 1.807) is 0 Å². The Morgan fingerprint density at radius 1 is 1.40 bits per heavy atom. The van der Waals surface area contributed by atoms with Gasteiger partial charge in [0.1, 0.15) is 0 Å². The molecule has 1 fully saturated rings. The third kappa shape index (κ3) is 2.98. The monoisotopic (exact) mass is 225 g/mol. The van der Waals surface area contributed by atoms with E-state index in [1.807, 2.05) is 29.7 Å². The highest BCUT2D eigenvalue weighted by molar-refractivity contribution is 8.00. The Labute approximate surface area is 95.4 Å². The van der Waals surface area contributed by atoms with Crippen molar-refractivity contribution < 1.29 is 0 Å². The Morgan fingerprint density at radius 2 is 2.20 bits per heavy atom. The summed E-state index contributed by atoms with van der Waals surface area (Å²) in [6.45, 7) is 0.